The van der Waals surface area contributed by atoms with E-state index in [1.807, 2.05) is 42.5 Å². The molecule has 0 saturated carbocycles. The highest BCUT2D eigenvalue weighted by atomic mass is 16.5. The standard InChI is InChI=1S/C19H15N5O2/c20-19(25)14-12-22-24-10-4-7-16(24)18(14)23-15-6-1-2-8-17(15)26-13-5-3-9-21-11-13/h1-12,23H,(H2,20,25). The van der Waals surface area contributed by atoms with Crippen molar-refractivity contribution in [3.63, 3.8) is 0 Å². The van der Waals surface area contributed by atoms with Gasteiger partial charge in [-0.3, -0.25) is 9.78 Å². The minimum atomic E-state index is -0.561. The first-order chi connectivity index (χ1) is 12.7. The van der Waals surface area contributed by atoms with Gasteiger partial charge in [-0.2, -0.15) is 5.10 Å². The molecule has 4 aromatic rings. The molecule has 0 aliphatic carbocycles. The summed E-state index contributed by atoms with van der Waals surface area (Å²) in [5, 5.41) is 7.46. The Morgan fingerprint density at radius 2 is 1.96 bits per heavy atom. The third-order valence-electron chi connectivity index (χ3n) is 3.84. The van der Waals surface area contributed by atoms with Crippen molar-refractivity contribution in [3.8, 4) is 11.5 Å². The van der Waals surface area contributed by atoms with E-state index in [1.165, 1.54) is 6.20 Å². The second kappa shape index (κ2) is 6.56. The Hall–Kier alpha value is -3.87. The first kappa shape index (κ1) is 15.6. The monoisotopic (exact) mass is 345 g/mol. The fraction of sp³-hybridized carbons (Fsp3) is 0. The van der Waals surface area contributed by atoms with Crippen LogP contribution in [0, 0.1) is 0 Å². The van der Waals surface area contributed by atoms with Gasteiger partial charge in [-0.05, 0) is 36.4 Å². The molecule has 0 radical (unpaired) electrons. The van der Waals surface area contributed by atoms with E-state index in [1.54, 1.807) is 29.2 Å². The number of ether oxygens (including phenoxy) is 1. The molecule has 26 heavy (non-hydrogen) atoms. The summed E-state index contributed by atoms with van der Waals surface area (Å²) in [6.07, 6.45) is 6.55. The fourth-order valence-corrected chi connectivity index (χ4v) is 2.64. The maximum Gasteiger partial charge on any atom is 0.252 e. The van der Waals surface area contributed by atoms with Crippen molar-refractivity contribution in [3.05, 3.63) is 78.9 Å². The van der Waals surface area contributed by atoms with Gasteiger partial charge in [-0.1, -0.05) is 12.1 Å². The summed E-state index contributed by atoms with van der Waals surface area (Å²) in [4.78, 5) is 15.9. The first-order valence-electron chi connectivity index (χ1n) is 7.92. The molecule has 0 aliphatic heterocycles. The average Bonchev–Trinajstić information content (AvgIpc) is 3.13. The number of para-hydroxylation sites is 2. The predicted octanol–water partition coefficient (Wildman–Crippen LogP) is 3.36. The Morgan fingerprint density at radius 1 is 1.08 bits per heavy atom. The summed E-state index contributed by atoms with van der Waals surface area (Å²) in [5.41, 5.74) is 7.81. The second-order valence-electron chi connectivity index (χ2n) is 5.55. The smallest absolute Gasteiger partial charge is 0.252 e. The lowest BCUT2D eigenvalue weighted by Gasteiger charge is -2.15. The minimum absolute atomic E-state index is 0.299. The van der Waals surface area contributed by atoms with Crippen LogP contribution in [0.1, 0.15) is 10.4 Å². The van der Waals surface area contributed by atoms with Crippen LogP contribution in [-0.4, -0.2) is 20.5 Å². The molecule has 0 atom stereocenters. The largest absolute Gasteiger partial charge is 0.454 e. The molecule has 128 valence electrons. The van der Waals surface area contributed by atoms with Gasteiger partial charge in [0.2, 0.25) is 0 Å². The van der Waals surface area contributed by atoms with Crippen LogP contribution < -0.4 is 15.8 Å². The number of fused-ring (bicyclic) bond motifs is 1. The SMILES string of the molecule is NC(=O)c1cnn2cccc2c1Nc1ccccc1Oc1cccnc1. The highest BCUT2D eigenvalue weighted by molar-refractivity contribution is 6.03. The number of benzene rings is 1. The number of carbonyl (C=O) groups is 1. The lowest BCUT2D eigenvalue weighted by molar-refractivity contribution is 0.100. The number of hydrogen-bond donors (Lipinski definition) is 2. The molecule has 7 heteroatoms. The number of nitrogens with zero attached hydrogens (tertiary/aromatic N) is 3. The molecule has 0 fully saturated rings. The topological polar surface area (TPSA) is 94.5 Å². The molecular formula is C19H15N5O2. The normalized spacial score (nSPS) is 10.6. The molecule has 0 unspecified atom stereocenters. The highest BCUT2D eigenvalue weighted by Crippen LogP contribution is 2.33. The van der Waals surface area contributed by atoms with Crippen molar-refractivity contribution in [2.45, 2.75) is 0 Å². The molecule has 0 saturated heterocycles. The van der Waals surface area contributed by atoms with Crippen LogP contribution in [-0.2, 0) is 0 Å². The van der Waals surface area contributed by atoms with Gasteiger partial charge in [0.05, 0.1) is 34.8 Å². The number of primary amides is 1. The van der Waals surface area contributed by atoms with Gasteiger partial charge < -0.3 is 15.8 Å². The van der Waals surface area contributed by atoms with E-state index in [0.29, 0.717) is 28.4 Å². The summed E-state index contributed by atoms with van der Waals surface area (Å²) in [6, 6.07) is 14.7. The van der Waals surface area contributed by atoms with Crippen molar-refractivity contribution in [2.24, 2.45) is 5.73 Å². The van der Waals surface area contributed by atoms with Gasteiger partial charge >= 0.3 is 0 Å². The Morgan fingerprint density at radius 3 is 2.77 bits per heavy atom. The zero-order chi connectivity index (χ0) is 17.9. The van der Waals surface area contributed by atoms with Crippen LogP contribution >= 0.6 is 0 Å². The van der Waals surface area contributed by atoms with Crippen LogP contribution in [0.4, 0.5) is 11.4 Å². The van der Waals surface area contributed by atoms with E-state index in [9.17, 15) is 4.79 Å². The number of carbonyl (C=O) groups excluding carboxylic acids is 1. The summed E-state index contributed by atoms with van der Waals surface area (Å²) < 4.78 is 7.58. The zero-order valence-electron chi connectivity index (χ0n) is 13.7. The molecule has 4 rings (SSSR count). The van der Waals surface area contributed by atoms with Gasteiger partial charge in [0.1, 0.15) is 5.75 Å². The number of anilines is 2. The molecule has 1 amide bonds. The number of pyridine rings is 1. The van der Waals surface area contributed by atoms with Crippen LogP contribution in [0.3, 0.4) is 0 Å². The number of nitrogens with one attached hydrogen (secondary N) is 1. The van der Waals surface area contributed by atoms with Gasteiger partial charge in [0.25, 0.3) is 5.91 Å². The molecule has 7 nitrogen and oxygen atoms in total. The van der Waals surface area contributed by atoms with Crippen LogP contribution in [0.25, 0.3) is 5.52 Å². The van der Waals surface area contributed by atoms with E-state index in [2.05, 4.69) is 15.4 Å². The van der Waals surface area contributed by atoms with E-state index in [0.717, 1.165) is 5.52 Å². The Balaban J connectivity index is 1.77. The summed E-state index contributed by atoms with van der Waals surface area (Å²) in [7, 11) is 0. The molecule has 0 spiro atoms. The molecule has 0 aliphatic rings. The summed E-state index contributed by atoms with van der Waals surface area (Å²) in [6.45, 7) is 0. The van der Waals surface area contributed by atoms with E-state index < -0.39 is 5.91 Å². The van der Waals surface area contributed by atoms with Crippen molar-refractivity contribution in [2.75, 3.05) is 5.32 Å². The third kappa shape index (κ3) is 2.93. The number of aromatic nitrogens is 3. The van der Waals surface area contributed by atoms with E-state index in [4.69, 9.17) is 10.5 Å². The highest BCUT2D eigenvalue weighted by Gasteiger charge is 2.15. The van der Waals surface area contributed by atoms with Gasteiger partial charge in [0.15, 0.2) is 5.75 Å². The third-order valence-corrected chi connectivity index (χ3v) is 3.84. The summed E-state index contributed by atoms with van der Waals surface area (Å²) in [5.74, 6) is 0.645. The fourth-order valence-electron chi connectivity index (χ4n) is 2.64. The van der Waals surface area contributed by atoms with E-state index in [-0.39, 0.29) is 0 Å². The van der Waals surface area contributed by atoms with Gasteiger partial charge in [-0.15, -0.1) is 0 Å². The Kier molecular flexibility index (Phi) is 3.95. The number of nitrogens with two attached hydrogens (primary N) is 1. The van der Waals surface area contributed by atoms with Crippen LogP contribution in [0.15, 0.2) is 73.3 Å². The van der Waals surface area contributed by atoms with Crippen molar-refractivity contribution in [1.29, 1.82) is 0 Å². The minimum Gasteiger partial charge on any atom is -0.454 e. The lowest BCUT2D eigenvalue weighted by atomic mass is 10.2. The lowest BCUT2D eigenvalue weighted by Crippen LogP contribution is -2.15. The van der Waals surface area contributed by atoms with Crippen molar-refractivity contribution >= 4 is 22.8 Å². The molecule has 3 N–H and O–H groups in total. The molecule has 3 heterocycles. The molecular weight excluding hydrogens is 330 g/mol. The van der Waals surface area contributed by atoms with Gasteiger partial charge in [0, 0.05) is 12.4 Å². The Labute approximate surface area is 149 Å². The molecule has 0 bridgehead atoms. The molecule has 1 aromatic carbocycles. The van der Waals surface area contributed by atoms with Gasteiger partial charge in [-0.25, -0.2) is 4.52 Å². The van der Waals surface area contributed by atoms with Crippen molar-refractivity contribution < 1.29 is 9.53 Å². The first-order valence-corrected chi connectivity index (χ1v) is 7.92. The van der Waals surface area contributed by atoms with Crippen LogP contribution in [0.2, 0.25) is 0 Å². The second-order valence-corrected chi connectivity index (χ2v) is 5.55. The van der Waals surface area contributed by atoms with E-state index >= 15 is 0 Å². The number of hydrogen-bond acceptors (Lipinski definition) is 5. The predicted molar refractivity (Wildman–Crippen MR) is 97.7 cm³/mol. The van der Waals surface area contributed by atoms with Crippen LogP contribution in [0.5, 0.6) is 11.5 Å². The zero-order valence-corrected chi connectivity index (χ0v) is 13.7. The Bertz CT molecular complexity index is 1080. The average molecular weight is 345 g/mol. The maximum absolute atomic E-state index is 11.8. The molecule has 3 aromatic heterocycles. The summed E-state index contributed by atoms with van der Waals surface area (Å²) >= 11 is 0. The number of rotatable bonds is 5. The maximum atomic E-state index is 11.8. The van der Waals surface area contributed by atoms with Crippen molar-refractivity contribution in [1.82, 2.24) is 14.6 Å². The quantitative estimate of drug-likeness (QED) is 0.578. The number of amides is 1.